The third kappa shape index (κ3) is 4.01. The van der Waals surface area contributed by atoms with E-state index in [0.29, 0.717) is 30.2 Å². The van der Waals surface area contributed by atoms with Gasteiger partial charge in [0, 0.05) is 17.8 Å². The topological polar surface area (TPSA) is 95.3 Å². The van der Waals surface area contributed by atoms with Crippen molar-refractivity contribution in [1.29, 1.82) is 0 Å². The zero-order valence-electron chi connectivity index (χ0n) is 15.4. The first kappa shape index (κ1) is 17.7. The molecule has 2 aliphatic rings. The standard InChI is InChI=1S/C22H22N5O/c23-22(28)19-14-26-21(11-20(19)25-12-15-4-2-1-3-5-15)27-18-7-6-17-13-24-9-8-16(17)10-18/h1-11H,12-14H2,(H5,23,25,26,27,28)/q-1/p-1. The van der Waals surface area contributed by atoms with Gasteiger partial charge in [-0.05, 0) is 29.4 Å². The molecule has 4 rings (SSSR count). The number of allylic oxidation sites excluding steroid dienone is 1. The van der Waals surface area contributed by atoms with E-state index < -0.39 is 5.91 Å². The van der Waals surface area contributed by atoms with Crippen LogP contribution in [0.3, 0.4) is 0 Å². The Morgan fingerprint density at radius 2 is 1.96 bits per heavy atom. The van der Waals surface area contributed by atoms with Crippen LogP contribution >= 0.6 is 0 Å². The molecule has 2 aromatic rings. The van der Waals surface area contributed by atoms with Gasteiger partial charge in [-0.3, -0.25) is 4.79 Å². The lowest BCUT2D eigenvalue weighted by atomic mass is 10.0. The van der Waals surface area contributed by atoms with Gasteiger partial charge in [0.15, 0.2) is 0 Å². The summed E-state index contributed by atoms with van der Waals surface area (Å²) in [6, 6.07) is 16.1. The first-order valence-corrected chi connectivity index (χ1v) is 9.12. The molecule has 0 atom stereocenters. The Bertz CT molecular complexity index is 976. The van der Waals surface area contributed by atoms with E-state index in [1.165, 1.54) is 5.56 Å². The first-order valence-electron chi connectivity index (χ1n) is 9.12. The molecule has 1 amide bonds. The summed E-state index contributed by atoms with van der Waals surface area (Å²) in [6.07, 6.45) is 5.65. The predicted molar refractivity (Wildman–Crippen MR) is 112 cm³/mol. The van der Waals surface area contributed by atoms with Crippen molar-refractivity contribution in [1.82, 2.24) is 5.32 Å². The van der Waals surface area contributed by atoms with Gasteiger partial charge in [-0.25, -0.2) is 0 Å². The largest absolute Gasteiger partial charge is 0.687 e. The van der Waals surface area contributed by atoms with Crippen LogP contribution in [0.1, 0.15) is 16.7 Å². The van der Waals surface area contributed by atoms with E-state index in [1.807, 2.05) is 54.8 Å². The Morgan fingerprint density at radius 3 is 2.79 bits per heavy atom. The van der Waals surface area contributed by atoms with Crippen molar-refractivity contribution in [2.45, 2.75) is 13.1 Å². The summed E-state index contributed by atoms with van der Waals surface area (Å²) in [6.45, 7) is 1.55. The summed E-state index contributed by atoms with van der Waals surface area (Å²) in [7, 11) is 0. The van der Waals surface area contributed by atoms with E-state index in [-0.39, 0.29) is 6.54 Å². The van der Waals surface area contributed by atoms with Crippen LogP contribution in [0.15, 0.2) is 77.9 Å². The molecule has 2 aromatic carbocycles. The fourth-order valence-corrected chi connectivity index (χ4v) is 3.16. The highest BCUT2D eigenvalue weighted by Crippen LogP contribution is 2.27. The van der Waals surface area contributed by atoms with Crippen molar-refractivity contribution < 1.29 is 4.79 Å². The van der Waals surface area contributed by atoms with Crippen molar-refractivity contribution in [2.75, 3.05) is 11.9 Å². The molecule has 4 N–H and O–H groups in total. The maximum atomic E-state index is 11.8. The molecule has 0 radical (unpaired) electrons. The fourth-order valence-electron chi connectivity index (χ4n) is 3.16. The van der Waals surface area contributed by atoms with Crippen molar-refractivity contribution in [3.63, 3.8) is 0 Å². The van der Waals surface area contributed by atoms with E-state index in [0.717, 1.165) is 16.8 Å². The number of carbonyl (C=O) groups excluding carboxylic acids is 1. The Labute approximate surface area is 164 Å². The minimum Gasteiger partial charge on any atom is -0.687 e. The second-order valence-electron chi connectivity index (χ2n) is 6.64. The molecular formula is C22H21N5O-2. The molecule has 0 aromatic heterocycles. The van der Waals surface area contributed by atoms with Crippen LogP contribution < -0.4 is 16.4 Å². The van der Waals surface area contributed by atoms with E-state index in [1.54, 1.807) is 0 Å². The van der Waals surface area contributed by atoms with E-state index >= 15 is 0 Å². The number of hydrogen-bond donors (Lipinski definition) is 3. The maximum Gasteiger partial charge on any atom is 0.246 e. The van der Waals surface area contributed by atoms with Gasteiger partial charge in [-0.2, -0.15) is 6.20 Å². The monoisotopic (exact) mass is 371 g/mol. The van der Waals surface area contributed by atoms with Crippen LogP contribution in [0.5, 0.6) is 0 Å². The van der Waals surface area contributed by atoms with E-state index in [4.69, 9.17) is 5.73 Å². The number of nitrogens with one attached hydrogen (secondary N) is 2. The molecule has 6 nitrogen and oxygen atoms in total. The van der Waals surface area contributed by atoms with E-state index in [2.05, 4.69) is 33.4 Å². The fraction of sp³-hybridized carbons (Fsp3) is 0.136. The van der Waals surface area contributed by atoms with Crippen LogP contribution in [0.2, 0.25) is 0 Å². The van der Waals surface area contributed by atoms with Crippen LogP contribution in [0, 0.1) is 0 Å². The lowest BCUT2D eigenvalue weighted by Gasteiger charge is -2.30. The Hall–Kier alpha value is -3.67. The molecule has 0 saturated carbocycles. The maximum absolute atomic E-state index is 11.8. The molecule has 0 saturated heterocycles. The number of nitrogens with two attached hydrogens (primary N) is 1. The number of benzene rings is 2. The van der Waals surface area contributed by atoms with Crippen molar-refractivity contribution in [3.05, 3.63) is 105 Å². The number of carbonyl (C=O) groups is 1. The van der Waals surface area contributed by atoms with Gasteiger partial charge in [0.1, 0.15) is 0 Å². The second-order valence-corrected chi connectivity index (χ2v) is 6.64. The minimum atomic E-state index is -0.461. The first-order chi connectivity index (χ1) is 13.7. The van der Waals surface area contributed by atoms with Crippen LogP contribution in [0.4, 0.5) is 5.69 Å². The molecule has 0 unspecified atom stereocenters. The smallest absolute Gasteiger partial charge is 0.246 e. The summed E-state index contributed by atoms with van der Waals surface area (Å²) in [5.41, 5.74) is 11.1. The number of rotatable bonds is 6. The third-order valence-corrected chi connectivity index (χ3v) is 4.68. The molecule has 0 spiro atoms. The average Bonchev–Trinajstić information content (AvgIpc) is 2.73. The zero-order valence-corrected chi connectivity index (χ0v) is 15.4. The average molecular weight is 371 g/mol. The van der Waals surface area contributed by atoms with Gasteiger partial charge in [-0.1, -0.05) is 66.0 Å². The quantitative estimate of drug-likeness (QED) is 0.722. The number of amides is 1. The van der Waals surface area contributed by atoms with Crippen LogP contribution in [-0.4, -0.2) is 12.5 Å². The van der Waals surface area contributed by atoms with Gasteiger partial charge in [0.25, 0.3) is 0 Å². The molecular weight excluding hydrogens is 350 g/mol. The van der Waals surface area contributed by atoms with Crippen LogP contribution in [0.25, 0.3) is 16.7 Å². The Morgan fingerprint density at radius 1 is 1.11 bits per heavy atom. The summed E-state index contributed by atoms with van der Waals surface area (Å²) < 4.78 is 0. The van der Waals surface area contributed by atoms with Gasteiger partial charge in [0.05, 0.1) is 0 Å². The van der Waals surface area contributed by atoms with Crippen molar-refractivity contribution in [2.24, 2.45) is 5.73 Å². The van der Waals surface area contributed by atoms with Gasteiger partial charge < -0.3 is 27.0 Å². The summed E-state index contributed by atoms with van der Waals surface area (Å²) >= 11 is 0. The highest BCUT2D eigenvalue weighted by Gasteiger charge is 2.13. The van der Waals surface area contributed by atoms with Gasteiger partial charge in [0.2, 0.25) is 5.91 Å². The number of nitrogens with zero attached hydrogens (tertiary/aromatic N) is 2. The van der Waals surface area contributed by atoms with Gasteiger partial charge in [-0.15, -0.1) is 6.54 Å². The predicted octanol–water partition coefficient (Wildman–Crippen LogP) is 3.71. The second kappa shape index (κ2) is 7.92. The number of anilines is 1. The lowest BCUT2D eigenvalue weighted by molar-refractivity contribution is -0.114. The van der Waals surface area contributed by atoms with E-state index in [9.17, 15) is 4.79 Å². The summed E-state index contributed by atoms with van der Waals surface area (Å²) in [5.74, 6) is 0.224. The molecule has 0 aliphatic carbocycles. The molecule has 2 heterocycles. The Kier molecular flexibility index (Phi) is 5.01. The third-order valence-electron chi connectivity index (χ3n) is 4.68. The van der Waals surface area contributed by atoms with Crippen molar-refractivity contribution in [3.8, 4) is 0 Å². The highest BCUT2D eigenvalue weighted by molar-refractivity contribution is 5.95. The molecule has 2 aliphatic heterocycles. The molecule has 6 heteroatoms. The Balaban J connectivity index is 1.53. The molecule has 142 valence electrons. The lowest BCUT2D eigenvalue weighted by Crippen LogP contribution is -2.26. The summed E-state index contributed by atoms with van der Waals surface area (Å²) in [5, 5.41) is 15.4. The normalized spacial score (nSPS) is 15.1. The van der Waals surface area contributed by atoms with Crippen molar-refractivity contribution >= 4 is 17.7 Å². The highest BCUT2D eigenvalue weighted by atomic mass is 16.1. The zero-order chi connectivity index (χ0) is 19.3. The van der Waals surface area contributed by atoms with Gasteiger partial charge >= 0.3 is 0 Å². The molecule has 28 heavy (non-hydrogen) atoms. The number of hydrogen-bond acceptors (Lipinski definition) is 3. The molecule has 0 bridgehead atoms. The molecule has 0 fully saturated rings. The summed E-state index contributed by atoms with van der Waals surface area (Å²) in [4.78, 5) is 11.8. The number of primary amides is 1. The number of fused-ring (bicyclic) bond motifs is 1. The SMILES string of the molecule is NC(=O)C1=C(NCc2ccccc2)C=C(Nc2ccc3c(c2)C=C[N-]C3)[N-]C1. The minimum absolute atomic E-state index is 0.245. The van der Waals surface area contributed by atoms with Crippen LogP contribution in [-0.2, 0) is 17.9 Å².